The van der Waals surface area contributed by atoms with Gasteiger partial charge in [0.05, 0.1) is 33.6 Å². The van der Waals surface area contributed by atoms with Gasteiger partial charge in [-0.15, -0.1) is 0 Å². The first-order valence-electron chi connectivity index (χ1n) is 11.4. The highest BCUT2D eigenvalue weighted by Crippen LogP contribution is 2.38. The molecular formula is C25H35N3O3S. The molecule has 2 aromatic rings. The zero-order valence-electron chi connectivity index (χ0n) is 19.4. The largest absolute Gasteiger partial charge is 0.493 e. The van der Waals surface area contributed by atoms with Crippen LogP contribution in [0.4, 0.5) is 0 Å². The second-order valence-corrected chi connectivity index (χ2v) is 8.59. The Labute approximate surface area is 197 Å². The van der Waals surface area contributed by atoms with Crippen molar-refractivity contribution in [2.75, 3.05) is 21.3 Å². The highest BCUT2D eigenvalue weighted by Gasteiger charge is 2.20. The van der Waals surface area contributed by atoms with Crippen LogP contribution in [0, 0.1) is 0 Å². The highest BCUT2D eigenvalue weighted by molar-refractivity contribution is 7.80. The van der Waals surface area contributed by atoms with E-state index in [0.29, 0.717) is 36.4 Å². The molecule has 1 N–H and O–H groups in total. The van der Waals surface area contributed by atoms with Gasteiger partial charge in [0.1, 0.15) is 0 Å². The smallest absolute Gasteiger partial charge is 0.203 e. The van der Waals surface area contributed by atoms with E-state index in [0.717, 1.165) is 16.4 Å². The Morgan fingerprint density at radius 2 is 1.62 bits per heavy atom. The molecule has 0 aliphatic heterocycles. The molecule has 1 aliphatic carbocycles. The van der Waals surface area contributed by atoms with E-state index in [1.807, 2.05) is 36.5 Å². The number of nitrogens with zero attached hydrogens (tertiary/aromatic N) is 2. The van der Waals surface area contributed by atoms with Gasteiger partial charge < -0.3 is 24.4 Å². The van der Waals surface area contributed by atoms with E-state index in [4.69, 9.17) is 26.4 Å². The second-order valence-electron chi connectivity index (χ2n) is 8.20. The van der Waals surface area contributed by atoms with Crippen LogP contribution >= 0.6 is 12.2 Å². The van der Waals surface area contributed by atoms with E-state index in [1.54, 1.807) is 21.3 Å². The number of nitrogens with one attached hydrogen (secondary N) is 1. The molecule has 7 heteroatoms. The molecule has 3 rings (SSSR count). The average Bonchev–Trinajstić information content (AvgIpc) is 2.80. The van der Waals surface area contributed by atoms with Gasteiger partial charge in [-0.25, -0.2) is 0 Å². The van der Waals surface area contributed by atoms with Gasteiger partial charge in [-0.1, -0.05) is 38.2 Å². The van der Waals surface area contributed by atoms with Crippen molar-refractivity contribution in [1.82, 2.24) is 15.2 Å². The van der Waals surface area contributed by atoms with E-state index in [-0.39, 0.29) is 0 Å². The minimum absolute atomic E-state index is 0.425. The van der Waals surface area contributed by atoms with Crippen molar-refractivity contribution >= 4 is 17.3 Å². The van der Waals surface area contributed by atoms with E-state index in [2.05, 4.69) is 15.2 Å². The highest BCUT2D eigenvalue weighted by atomic mass is 32.1. The molecule has 0 unspecified atom stereocenters. The first-order chi connectivity index (χ1) is 15.6. The number of pyridine rings is 1. The molecule has 0 atom stereocenters. The maximum Gasteiger partial charge on any atom is 0.203 e. The minimum atomic E-state index is 0.425. The summed E-state index contributed by atoms with van der Waals surface area (Å²) in [7, 11) is 4.88. The normalized spacial score (nSPS) is 14.7. The zero-order valence-corrected chi connectivity index (χ0v) is 20.2. The number of rotatable bonds is 8. The molecule has 0 amide bonds. The molecule has 0 radical (unpaired) electrons. The van der Waals surface area contributed by atoms with Crippen LogP contribution in [0.5, 0.6) is 17.2 Å². The molecule has 0 saturated heterocycles. The topological polar surface area (TPSA) is 55.9 Å². The Bertz CT molecular complexity index is 830. The second kappa shape index (κ2) is 12.5. The number of ether oxygens (including phenoxy) is 3. The molecule has 6 nitrogen and oxygen atoms in total. The lowest BCUT2D eigenvalue weighted by Crippen LogP contribution is -2.44. The summed E-state index contributed by atoms with van der Waals surface area (Å²) in [6.07, 6.45) is 10.6. The number of benzene rings is 1. The van der Waals surface area contributed by atoms with E-state index < -0.39 is 0 Å². The first-order valence-corrected chi connectivity index (χ1v) is 11.8. The van der Waals surface area contributed by atoms with Crippen molar-refractivity contribution in [2.24, 2.45) is 0 Å². The summed E-state index contributed by atoms with van der Waals surface area (Å²) < 4.78 is 16.6. The van der Waals surface area contributed by atoms with E-state index in [1.165, 1.54) is 44.9 Å². The quantitative estimate of drug-likeness (QED) is 0.554. The van der Waals surface area contributed by atoms with Gasteiger partial charge in [0.25, 0.3) is 0 Å². The van der Waals surface area contributed by atoms with Gasteiger partial charge in [0.15, 0.2) is 16.6 Å². The lowest BCUT2D eigenvalue weighted by molar-refractivity contribution is 0.321. The zero-order chi connectivity index (χ0) is 22.8. The SMILES string of the molecule is COc1cc(CN(Cc2ccccn2)C(=S)NC2CCCCCCC2)cc(OC)c1OC. The monoisotopic (exact) mass is 457 g/mol. The van der Waals surface area contributed by atoms with Crippen molar-refractivity contribution in [3.05, 3.63) is 47.8 Å². The summed E-state index contributed by atoms with van der Waals surface area (Å²) in [5, 5.41) is 4.41. The Morgan fingerprint density at radius 1 is 0.969 bits per heavy atom. The maximum absolute atomic E-state index is 5.90. The number of hydrogen-bond donors (Lipinski definition) is 1. The van der Waals surface area contributed by atoms with Crippen LogP contribution in [-0.4, -0.2) is 42.4 Å². The molecule has 1 aliphatic rings. The van der Waals surface area contributed by atoms with Crippen LogP contribution in [-0.2, 0) is 13.1 Å². The lowest BCUT2D eigenvalue weighted by Gasteiger charge is -2.30. The van der Waals surface area contributed by atoms with E-state index >= 15 is 0 Å². The number of hydrogen-bond acceptors (Lipinski definition) is 5. The van der Waals surface area contributed by atoms with Gasteiger partial charge in [0.2, 0.25) is 5.75 Å². The Kier molecular flexibility index (Phi) is 9.41. The molecular weight excluding hydrogens is 422 g/mol. The molecule has 1 saturated carbocycles. The maximum atomic E-state index is 5.90. The van der Waals surface area contributed by atoms with Crippen LogP contribution < -0.4 is 19.5 Å². The van der Waals surface area contributed by atoms with Gasteiger partial charge in [-0.3, -0.25) is 4.98 Å². The third-order valence-electron chi connectivity index (χ3n) is 5.90. The fourth-order valence-corrected chi connectivity index (χ4v) is 4.50. The summed E-state index contributed by atoms with van der Waals surface area (Å²) in [4.78, 5) is 6.68. The molecule has 0 bridgehead atoms. The Balaban J connectivity index is 1.81. The third kappa shape index (κ3) is 6.73. The van der Waals surface area contributed by atoms with E-state index in [9.17, 15) is 0 Å². The van der Waals surface area contributed by atoms with Crippen LogP contribution in [0.15, 0.2) is 36.5 Å². The molecule has 174 valence electrons. The molecule has 1 fully saturated rings. The van der Waals surface area contributed by atoms with Gasteiger partial charge >= 0.3 is 0 Å². The average molecular weight is 458 g/mol. The van der Waals surface area contributed by atoms with Gasteiger partial charge in [0, 0.05) is 18.8 Å². The molecule has 1 heterocycles. The standard InChI is InChI=1S/C25H35N3O3S/c1-29-22-15-19(16-23(30-2)24(22)31-3)17-28(18-21-13-9-10-14-26-21)25(32)27-20-11-7-5-4-6-8-12-20/h9-10,13-16,20H,4-8,11-12,17-18H2,1-3H3,(H,27,32). The van der Waals surface area contributed by atoms with Crippen molar-refractivity contribution in [1.29, 1.82) is 0 Å². The fourth-order valence-electron chi connectivity index (χ4n) is 4.20. The molecule has 0 spiro atoms. The summed E-state index contributed by atoms with van der Waals surface area (Å²) in [5.41, 5.74) is 2.00. The predicted octanol–water partition coefficient (Wildman–Crippen LogP) is 5.10. The Morgan fingerprint density at radius 3 is 2.19 bits per heavy atom. The van der Waals surface area contributed by atoms with Crippen LogP contribution in [0.25, 0.3) is 0 Å². The van der Waals surface area contributed by atoms with Crippen LogP contribution in [0.2, 0.25) is 0 Å². The molecule has 1 aromatic heterocycles. The van der Waals surface area contributed by atoms with Crippen LogP contribution in [0.1, 0.15) is 56.2 Å². The fraction of sp³-hybridized carbons (Fsp3) is 0.520. The number of thiocarbonyl (C=S) groups is 1. The predicted molar refractivity (Wildman–Crippen MR) is 131 cm³/mol. The summed E-state index contributed by atoms with van der Waals surface area (Å²) in [6.45, 7) is 1.22. The van der Waals surface area contributed by atoms with Crippen molar-refractivity contribution in [2.45, 2.75) is 64.1 Å². The summed E-state index contributed by atoms with van der Waals surface area (Å²) in [5.74, 6) is 1.86. The van der Waals surface area contributed by atoms with Crippen molar-refractivity contribution < 1.29 is 14.2 Å². The molecule has 32 heavy (non-hydrogen) atoms. The number of aromatic nitrogens is 1. The van der Waals surface area contributed by atoms with Crippen molar-refractivity contribution in [3.63, 3.8) is 0 Å². The number of methoxy groups -OCH3 is 3. The Hall–Kier alpha value is -2.54. The van der Waals surface area contributed by atoms with Gasteiger partial charge in [-0.05, 0) is 54.9 Å². The van der Waals surface area contributed by atoms with Crippen molar-refractivity contribution in [3.8, 4) is 17.2 Å². The third-order valence-corrected chi connectivity index (χ3v) is 6.27. The lowest BCUT2D eigenvalue weighted by atomic mass is 9.97. The molecule has 1 aromatic carbocycles. The summed E-state index contributed by atoms with van der Waals surface area (Å²) >= 11 is 5.90. The first kappa shape index (κ1) is 24.1. The minimum Gasteiger partial charge on any atom is -0.493 e. The van der Waals surface area contributed by atoms with Gasteiger partial charge in [-0.2, -0.15) is 0 Å². The van der Waals surface area contributed by atoms with Crippen LogP contribution in [0.3, 0.4) is 0 Å². The summed E-state index contributed by atoms with van der Waals surface area (Å²) in [6, 6.07) is 10.3.